The lowest BCUT2D eigenvalue weighted by molar-refractivity contribution is 0.0213. The number of hydrogen-bond donors (Lipinski definition) is 2. The van der Waals surface area contributed by atoms with Crippen molar-refractivity contribution in [1.82, 2.24) is 4.98 Å². The quantitative estimate of drug-likeness (QED) is 0.724. The lowest BCUT2D eigenvalue weighted by Gasteiger charge is -2.15. The average molecular weight is 210 g/mol. The van der Waals surface area contributed by atoms with Crippen LogP contribution in [0.4, 0.5) is 4.39 Å². The molecule has 80 valence electrons. The highest BCUT2D eigenvalue weighted by Crippen LogP contribution is 2.19. The Kier molecular flexibility index (Phi) is 3.72. The van der Waals surface area contributed by atoms with E-state index in [1.807, 2.05) is 0 Å². The van der Waals surface area contributed by atoms with Crippen molar-refractivity contribution in [3.8, 4) is 6.07 Å². The minimum atomic E-state index is -1.21. The zero-order chi connectivity index (χ0) is 11.4. The summed E-state index contributed by atoms with van der Waals surface area (Å²) < 4.78 is 12.8. The van der Waals surface area contributed by atoms with Crippen molar-refractivity contribution >= 4 is 0 Å². The Morgan fingerprint density at radius 1 is 1.60 bits per heavy atom. The Morgan fingerprint density at radius 2 is 2.27 bits per heavy atom. The number of nitriles is 1. The molecule has 0 amide bonds. The van der Waals surface area contributed by atoms with Crippen molar-refractivity contribution in [3.63, 3.8) is 0 Å². The monoisotopic (exact) mass is 210 g/mol. The molecule has 0 bridgehead atoms. The van der Waals surface area contributed by atoms with Crippen LogP contribution in [-0.4, -0.2) is 21.3 Å². The van der Waals surface area contributed by atoms with E-state index in [-0.39, 0.29) is 12.0 Å². The summed E-state index contributed by atoms with van der Waals surface area (Å²) in [4.78, 5) is 3.42. The molecule has 2 N–H and O–H groups in total. The van der Waals surface area contributed by atoms with E-state index in [1.54, 1.807) is 6.07 Å². The van der Waals surface area contributed by atoms with E-state index in [9.17, 15) is 14.6 Å². The molecule has 0 aromatic carbocycles. The van der Waals surface area contributed by atoms with E-state index in [0.29, 0.717) is 5.56 Å². The number of nitrogens with zero attached hydrogens (tertiary/aromatic N) is 2. The van der Waals surface area contributed by atoms with Crippen LogP contribution < -0.4 is 0 Å². The smallest absolute Gasteiger partial charge is 0.215 e. The molecule has 2 unspecified atom stereocenters. The summed E-state index contributed by atoms with van der Waals surface area (Å²) in [7, 11) is 0. The third-order valence-electron chi connectivity index (χ3n) is 2.04. The molecule has 0 saturated carbocycles. The van der Waals surface area contributed by atoms with Crippen LogP contribution in [0.1, 0.15) is 23.7 Å². The van der Waals surface area contributed by atoms with Crippen molar-refractivity contribution in [3.05, 3.63) is 29.3 Å². The standard InChI is InChI=1S/C10H11FN2O2/c1-6-4-7(5-13-10(6)11)9(15)8(14)2-3-12/h4-5,8-9,14-15H,2H2,1H3. The second-order valence-corrected chi connectivity index (χ2v) is 3.25. The molecule has 15 heavy (non-hydrogen) atoms. The van der Waals surface area contributed by atoms with Crippen molar-refractivity contribution < 1.29 is 14.6 Å². The summed E-state index contributed by atoms with van der Waals surface area (Å²) in [6, 6.07) is 3.14. The topological polar surface area (TPSA) is 77.1 Å². The summed E-state index contributed by atoms with van der Waals surface area (Å²) in [6.07, 6.45) is -1.43. The molecule has 1 aromatic heterocycles. The van der Waals surface area contributed by atoms with Crippen molar-refractivity contribution in [2.24, 2.45) is 0 Å². The van der Waals surface area contributed by atoms with E-state index in [1.165, 1.54) is 13.0 Å². The number of halogens is 1. The molecular formula is C10H11FN2O2. The molecule has 0 spiro atoms. The molecule has 2 atom stereocenters. The minimum absolute atomic E-state index is 0.183. The number of hydrogen-bond acceptors (Lipinski definition) is 4. The van der Waals surface area contributed by atoms with Gasteiger partial charge in [-0.3, -0.25) is 0 Å². The largest absolute Gasteiger partial charge is 0.389 e. The highest BCUT2D eigenvalue weighted by Gasteiger charge is 2.19. The van der Waals surface area contributed by atoms with Crippen molar-refractivity contribution in [1.29, 1.82) is 5.26 Å². The third kappa shape index (κ3) is 2.72. The van der Waals surface area contributed by atoms with E-state index < -0.39 is 18.2 Å². The van der Waals surface area contributed by atoms with Gasteiger partial charge in [-0.25, -0.2) is 4.98 Å². The van der Waals surface area contributed by atoms with Crippen molar-refractivity contribution in [2.45, 2.75) is 25.6 Å². The Hall–Kier alpha value is -1.51. The van der Waals surface area contributed by atoms with Crippen LogP contribution in [0, 0.1) is 24.2 Å². The van der Waals surface area contributed by atoms with Crippen LogP contribution in [0.25, 0.3) is 0 Å². The van der Waals surface area contributed by atoms with Gasteiger partial charge in [0.05, 0.1) is 18.6 Å². The molecule has 4 nitrogen and oxygen atoms in total. The first-order valence-electron chi connectivity index (χ1n) is 4.41. The van der Waals surface area contributed by atoms with Gasteiger partial charge < -0.3 is 10.2 Å². The molecule has 1 aromatic rings. The Bertz CT molecular complexity index is 389. The fraction of sp³-hybridized carbons (Fsp3) is 0.400. The summed E-state index contributed by atoms with van der Waals surface area (Å²) in [5.41, 5.74) is 0.590. The first kappa shape index (κ1) is 11.6. The van der Waals surface area contributed by atoms with Gasteiger partial charge >= 0.3 is 0 Å². The molecule has 0 aliphatic heterocycles. The molecule has 0 aliphatic rings. The van der Waals surface area contributed by atoms with Gasteiger partial charge in [0.15, 0.2) is 0 Å². The number of aromatic nitrogens is 1. The number of rotatable bonds is 3. The van der Waals surface area contributed by atoms with Gasteiger partial charge in [-0.1, -0.05) is 0 Å². The molecule has 1 rings (SSSR count). The predicted octanol–water partition coefficient (Wildman–Crippen LogP) is 0.837. The van der Waals surface area contributed by atoms with Gasteiger partial charge in [0, 0.05) is 17.3 Å². The molecule has 5 heteroatoms. The van der Waals surface area contributed by atoms with Crippen LogP contribution in [0.5, 0.6) is 0 Å². The van der Waals surface area contributed by atoms with Crippen LogP contribution >= 0.6 is 0 Å². The molecule has 0 saturated heterocycles. The fourth-order valence-electron chi connectivity index (χ4n) is 1.17. The van der Waals surface area contributed by atoms with Gasteiger partial charge in [-0.05, 0) is 13.0 Å². The van der Waals surface area contributed by atoms with E-state index >= 15 is 0 Å². The van der Waals surface area contributed by atoms with E-state index in [0.717, 1.165) is 6.20 Å². The highest BCUT2D eigenvalue weighted by molar-refractivity contribution is 5.21. The zero-order valence-electron chi connectivity index (χ0n) is 8.18. The fourth-order valence-corrected chi connectivity index (χ4v) is 1.17. The second kappa shape index (κ2) is 4.82. The number of aliphatic hydroxyl groups excluding tert-OH is 2. The number of aryl methyl sites for hydroxylation is 1. The van der Waals surface area contributed by atoms with E-state index in [2.05, 4.69) is 4.98 Å². The molecular weight excluding hydrogens is 199 g/mol. The summed E-state index contributed by atoms with van der Waals surface area (Å²) >= 11 is 0. The van der Waals surface area contributed by atoms with Crippen LogP contribution in [0.3, 0.4) is 0 Å². The predicted molar refractivity (Wildman–Crippen MR) is 50.1 cm³/mol. The first-order chi connectivity index (χ1) is 7.06. The van der Waals surface area contributed by atoms with Gasteiger partial charge in [0.1, 0.15) is 6.10 Å². The normalized spacial score (nSPS) is 14.3. The van der Waals surface area contributed by atoms with E-state index in [4.69, 9.17) is 5.26 Å². The maximum Gasteiger partial charge on any atom is 0.215 e. The maximum absolute atomic E-state index is 12.8. The average Bonchev–Trinajstić information content (AvgIpc) is 2.21. The molecule has 0 radical (unpaired) electrons. The van der Waals surface area contributed by atoms with Crippen LogP contribution in [-0.2, 0) is 0 Å². The zero-order valence-corrected chi connectivity index (χ0v) is 8.18. The summed E-state index contributed by atoms with van der Waals surface area (Å²) in [6.45, 7) is 1.51. The molecule has 0 fully saturated rings. The molecule has 1 heterocycles. The van der Waals surface area contributed by atoms with Crippen molar-refractivity contribution in [2.75, 3.05) is 0 Å². The lowest BCUT2D eigenvalue weighted by atomic mass is 10.0. The first-order valence-corrected chi connectivity index (χ1v) is 4.41. The van der Waals surface area contributed by atoms with Gasteiger partial charge in [-0.15, -0.1) is 0 Å². The third-order valence-corrected chi connectivity index (χ3v) is 2.04. The van der Waals surface area contributed by atoms with Gasteiger partial charge in [-0.2, -0.15) is 9.65 Å². The number of aliphatic hydroxyl groups is 2. The Labute approximate surface area is 86.6 Å². The minimum Gasteiger partial charge on any atom is -0.389 e. The SMILES string of the molecule is Cc1cc(C(O)C(O)CC#N)cnc1F. The van der Waals surface area contributed by atoms with Crippen LogP contribution in [0.15, 0.2) is 12.3 Å². The second-order valence-electron chi connectivity index (χ2n) is 3.25. The molecule has 0 aliphatic carbocycles. The van der Waals surface area contributed by atoms with Crippen LogP contribution in [0.2, 0.25) is 0 Å². The lowest BCUT2D eigenvalue weighted by Crippen LogP contribution is -2.18. The number of pyridine rings is 1. The summed E-state index contributed by atoms with van der Waals surface area (Å²) in [5, 5.41) is 27.2. The Morgan fingerprint density at radius 3 is 2.80 bits per heavy atom. The van der Waals surface area contributed by atoms with Gasteiger partial charge in [0.25, 0.3) is 0 Å². The highest BCUT2D eigenvalue weighted by atomic mass is 19.1. The summed E-state index contributed by atoms with van der Waals surface area (Å²) in [5.74, 6) is -0.610. The maximum atomic E-state index is 12.8. The van der Waals surface area contributed by atoms with Gasteiger partial charge in [0.2, 0.25) is 5.95 Å². The Balaban J connectivity index is 2.87.